The fourth-order valence-corrected chi connectivity index (χ4v) is 5.00. The molecule has 0 spiro atoms. The Bertz CT molecular complexity index is 1200. The van der Waals surface area contributed by atoms with Crippen LogP contribution in [0.2, 0.25) is 0 Å². The molecule has 1 aliphatic rings. The molecule has 1 saturated heterocycles. The molecule has 164 valence electrons. The standard InChI is InChI=1S/C24H25N5O2S/c30-14-13-27-9-11-28(12-10-27)24(31)22-17-19(23-21(26-22)6-15-32-23)16-18-2-4-20(5-3-18)29-8-1-7-25-29/h1-8,15,17,30H,9-14,16H2. The quantitative estimate of drug-likeness (QED) is 0.492. The predicted octanol–water partition coefficient (Wildman–Crippen LogP) is 2.82. The Balaban J connectivity index is 1.37. The molecular formula is C24H25N5O2S. The van der Waals surface area contributed by atoms with Crippen LogP contribution in [0.25, 0.3) is 15.9 Å². The van der Waals surface area contributed by atoms with Gasteiger partial charge in [0.25, 0.3) is 5.91 Å². The largest absolute Gasteiger partial charge is 0.395 e. The second kappa shape index (κ2) is 9.20. The number of carbonyl (C=O) groups excluding carboxylic acids is 1. The molecule has 32 heavy (non-hydrogen) atoms. The maximum atomic E-state index is 13.2. The number of piperazine rings is 1. The van der Waals surface area contributed by atoms with E-state index in [1.165, 1.54) is 5.56 Å². The summed E-state index contributed by atoms with van der Waals surface area (Å²) in [5.41, 5.74) is 4.71. The summed E-state index contributed by atoms with van der Waals surface area (Å²) in [5, 5.41) is 15.4. The summed E-state index contributed by atoms with van der Waals surface area (Å²) in [5.74, 6) is -0.0166. The molecule has 5 rings (SSSR count). The first-order valence-electron chi connectivity index (χ1n) is 10.8. The molecule has 3 aromatic heterocycles. The second-order valence-corrected chi connectivity index (χ2v) is 8.87. The molecular weight excluding hydrogens is 422 g/mol. The average molecular weight is 448 g/mol. The minimum Gasteiger partial charge on any atom is -0.395 e. The van der Waals surface area contributed by atoms with Crippen LogP contribution in [0.3, 0.4) is 0 Å². The first kappa shape index (κ1) is 20.8. The third-order valence-corrected chi connectivity index (χ3v) is 6.86. The summed E-state index contributed by atoms with van der Waals surface area (Å²) in [7, 11) is 0. The number of pyridine rings is 1. The third-order valence-electron chi connectivity index (χ3n) is 5.88. The average Bonchev–Trinajstić information content (AvgIpc) is 3.52. The number of aliphatic hydroxyl groups is 1. The Morgan fingerprint density at radius 1 is 1.09 bits per heavy atom. The van der Waals surface area contributed by atoms with Crippen molar-refractivity contribution in [3.05, 3.63) is 77.1 Å². The van der Waals surface area contributed by atoms with Crippen molar-refractivity contribution >= 4 is 27.5 Å². The highest BCUT2D eigenvalue weighted by atomic mass is 32.1. The van der Waals surface area contributed by atoms with Crippen molar-refractivity contribution in [1.29, 1.82) is 0 Å². The van der Waals surface area contributed by atoms with Gasteiger partial charge in [-0.15, -0.1) is 11.3 Å². The number of benzene rings is 1. The van der Waals surface area contributed by atoms with E-state index in [2.05, 4.69) is 39.2 Å². The molecule has 1 amide bonds. The number of aromatic nitrogens is 3. The van der Waals surface area contributed by atoms with Gasteiger partial charge < -0.3 is 10.0 Å². The fourth-order valence-electron chi connectivity index (χ4n) is 4.15. The van der Waals surface area contributed by atoms with Gasteiger partial charge in [0.1, 0.15) is 5.69 Å². The van der Waals surface area contributed by atoms with Crippen molar-refractivity contribution in [2.24, 2.45) is 0 Å². The molecule has 0 aliphatic carbocycles. The van der Waals surface area contributed by atoms with E-state index in [1.807, 2.05) is 39.4 Å². The molecule has 1 aliphatic heterocycles. The number of aliphatic hydroxyl groups excluding tert-OH is 1. The first-order valence-corrected chi connectivity index (χ1v) is 11.7. The van der Waals surface area contributed by atoms with Crippen LogP contribution in [-0.4, -0.2) is 74.9 Å². The Kier molecular flexibility index (Phi) is 5.98. The van der Waals surface area contributed by atoms with Crippen LogP contribution in [0, 0.1) is 0 Å². The predicted molar refractivity (Wildman–Crippen MR) is 125 cm³/mol. The molecule has 7 nitrogen and oxygen atoms in total. The number of β-amino-alcohol motifs (C(OH)–C–C–N with tert-alkyl or cyclic N) is 1. The maximum absolute atomic E-state index is 13.2. The van der Waals surface area contributed by atoms with Gasteiger partial charge >= 0.3 is 0 Å². The minimum absolute atomic E-state index is 0.0166. The van der Waals surface area contributed by atoms with Crippen LogP contribution in [-0.2, 0) is 6.42 Å². The molecule has 1 aromatic carbocycles. The number of carbonyl (C=O) groups is 1. The molecule has 1 fully saturated rings. The smallest absolute Gasteiger partial charge is 0.272 e. The highest BCUT2D eigenvalue weighted by Crippen LogP contribution is 2.27. The van der Waals surface area contributed by atoms with Gasteiger partial charge in [0, 0.05) is 45.1 Å². The number of rotatable bonds is 6. The molecule has 0 atom stereocenters. The van der Waals surface area contributed by atoms with Crippen molar-refractivity contribution in [2.75, 3.05) is 39.3 Å². The Morgan fingerprint density at radius 2 is 1.91 bits per heavy atom. The Morgan fingerprint density at radius 3 is 2.62 bits per heavy atom. The van der Waals surface area contributed by atoms with E-state index in [0.717, 1.165) is 41.0 Å². The van der Waals surface area contributed by atoms with Crippen molar-refractivity contribution in [3.8, 4) is 5.69 Å². The lowest BCUT2D eigenvalue weighted by atomic mass is 10.0. The van der Waals surface area contributed by atoms with Crippen molar-refractivity contribution in [1.82, 2.24) is 24.6 Å². The Hall–Kier alpha value is -3.07. The van der Waals surface area contributed by atoms with Crippen molar-refractivity contribution in [3.63, 3.8) is 0 Å². The van der Waals surface area contributed by atoms with Gasteiger partial charge in [-0.1, -0.05) is 12.1 Å². The molecule has 0 unspecified atom stereocenters. The molecule has 0 bridgehead atoms. The number of fused-ring (bicyclic) bond motifs is 1. The van der Waals surface area contributed by atoms with Gasteiger partial charge in [0.05, 0.1) is 22.5 Å². The van der Waals surface area contributed by atoms with E-state index < -0.39 is 0 Å². The number of nitrogens with zero attached hydrogens (tertiary/aromatic N) is 5. The van der Waals surface area contributed by atoms with E-state index in [9.17, 15) is 4.79 Å². The molecule has 0 radical (unpaired) electrons. The molecule has 0 saturated carbocycles. The van der Waals surface area contributed by atoms with Crippen molar-refractivity contribution < 1.29 is 9.90 Å². The van der Waals surface area contributed by atoms with Gasteiger partial charge in [-0.25, -0.2) is 9.67 Å². The normalized spacial score (nSPS) is 14.8. The highest BCUT2D eigenvalue weighted by molar-refractivity contribution is 7.17. The Labute approximate surface area is 190 Å². The lowest BCUT2D eigenvalue weighted by molar-refractivity contribution is 0.0609. The zero-order chi connectivity index (χ0) is 21.9. The lowest BCUT2D eigenvalue weighted by Gasteiger charge is -2.34. The molecule has 4 heterocycles. The lowest BCUT2D eigenvalue weighted by Crippen LogP contribution is -2.49. The number of hydrogen-bond acceptors (Lipinski definition) is 6. The van der Waals surface area contributed by atoms with Crippen LogP contribution in [0.5, 0.6) is 0 Å². The molecule has 8 heteroatoms. The van der Waals surface area contributed by atoms with Gasteiger partial charge in [0.15, 0.2) is 0 Å². The summed E-state index contributed by atoms with van der Waals surface area (Å²) < 4.78 is 2.97. The van der Waals surface area contributed by atoms with E-state index in [4.69, 9.17) is 5.11 Å². The zero-order valence-corrected chi connectivity index (χ0v) is 18.5. The number of thiophene rings is 1. The van der Waals surface area contributed by atoms with E-state index in [1.54, 1.807) is 17.5 Å². The zero-order valence-electron chi connectivity index (χ0n) is 17.7. The summed E-state index contributed by atoms with van der Waals surface area (Å²) in [4.78, 5) is 21.9. The van der Waals surface area contributed by atoms with Crippen LogP contribution in [0.4, 0.5) is 0 Å². The van der Waals surface area contributed by atoms with Gasteiger partial charge in [-0.2, -0.15) is 5.10 Å². The third kappa shape index (κ3) is 4.29. The van der Waals surface area contributed by atoms with Gasteiger partial charge in [-0.05, 0) is 53.3 Å². The van der Waals surface area contributed by atoms with Crippen LogP contribution in [0.15, 0.2) is 60.2 Å². The maximum Gasteiger partial charge on any atom is 0.272 e. The summed E-state index contributed by atoms with van der Waals surface area (Å²) >= 11 is 1.66. The topological polar surface area (TPSA) is 74.5 Å². The van der Waals surface area contributed by atoms with Crippen LogP contribution in [0.1, 0.15) is 21.6 Å². The summed E-state index contributed by atoms with van der Waals surface area (Å²) in [6.45, 7) is 3.69. The SMILES string of the molecule is O=C(c1cc(Cc2ccc(-n3cccn3)cc2)c2sccc2n1)N1CCN(CCO)CC1. The fraction of sp³-hybridized carbons (Fsp3) is 0.292. The molecule has 1 N–H and O–H groups in total. The van der Waals surface area contributed by atoms with E-state index in [0.29, 0.717) is 25.3 Å². The second-order valence-electron chi connectivity index (χ2n) is 7.95. The summed E-state index contributed by atoms with van der Waals surface area (Å²) in [6.07, 6.45) is 4.43. The van der Waals surface area contributed by atoms with Gasteiger partial charge in [0.2, 0.25) is 0 Å². The number of hydrogen-bond donors (Lipinski definition) is 1. The van der Waals surface area contributed by atoms with Crippen LogP contribution >= 0.6 is 11.3 Å². The monoisotopic (exact) mass is 447 g/mol. The van der Waals surface area contributed by atoms with Gasteiger partial charge in [-0.3, -0.25) is 9.69 Å². The molecule has 4 aromatic rings. The number of amides is 1. The van der Waals surface area contributed by atoms with Crippen LogP contribution < -0.4 is 0 Å². The van der Waals surface area contributed by atoms with Crippen molar-refractivity contribution in [2.45, 2.75) is 6.42 Å². The summed E-state index contributed by atoms with van der Waals surface area (Å²) in [6, 6.07) is 14.2. The highest BCUT2D eigenvalue weighted by Gasteiger charge is 2.24. The first-order chi connectivity index (χ1) is 15.7. The van der Waals surface area contributed by atoms with E-state index in [-0.39, 0.29) is 12.5 Å². The van der Waals surface area contributed by atoms with E-state index >= 15 is 0 Å². The minimum atomic E-state index is -0.0166.